The van der Waals surface area contributed by atoms with Crippen LogP contribution in [-0.4, -0.2) is 73.0 Å². The van der Waals surface area contributed by atoms with Gasteiger partial charge in [0.1, 0.15) is 24.7 Å². The Morgan fingerprint density at radius 3 is 1.40 bits per heavy atom. The molecule has 4 aromatic rings. The van der Waals surface area contributed by atoms with E-state index in [1.807, 2.05) is 113 Å². The van der Waals surface area contributed by atoms with Crippen molar-refractivity contribution in [1.29, 1.82) is 0 Å². The molecule has 53 heavy (non-hydrogen) atoms. The first kappa shape index (κ1) is 35.5. The van der Waals surface area contributed by atoms with Gasteiger partial charge in [-0.05, 0) is 108 Å². The minimum atomic E-state index is 0.0745. The second-order valence-corrected chi connectivity index (χ2v) is 13.4. The topological polar surface area (TPSA) is 96.0 Å². The number of ether oxygens (including phenoxy) is 6. The van der Waals surface area contributed by atoms with Crippen molar-refractivity contribution in [3.05, 3.63) is 106 Å². The molecule has 0 atom stereocenters. The normalized spacial score (nSPS) is 14.9. The molecule has 4 aromatic carbocycles. The summed E-state index contributed by atoms with van der Waals surface area (Å²) < 4.78 is 34.2. The van der Waals surface area contributed by atoms with E-state index in [1.54, 1.807) is 12.2 Å². The van der Waals surface area contributed by atoms with Gasteiger partial charge in [-0.25, -0.2) is 0 Å². The largest absolute Gasteiger partial charge is 0.493 e. The Morgan fingerprint density at radius 1 is 0.547 bits per heavy atom. The van der Waals surface area contributed by atoms with E-state index in [0.717, 1.165) is 73.2 Å². The highest BCUT2D eigenvalue weighted by molar-refractivity contribution is 6.07. The van der Waals surface area contributed by atoms with E-state index in [2.05, 4.69) is 0 Å². The lowest BCUT2D eigenvalue weighted by molar-refractivity contribution is -0.114. The number of hydrogen-bond acceptors (Lipinski definition) is 10. The summed E-state index contributed by atoms with van der Waals surface area (Å²) in [6, 6.07) is 19.9. The van der Waals surface area contributed by atoms with Gasteiger partial charge in [0.25, 0.3) is 0 Å². The van der Waals surface area contributed by atoms with E-state index in [1.165, 1.54) is 0 Å². The number of rotatable bonds is 8. The number of allylic oxidation sites excluding steroid dienone is 2. The molecular weight excluding hydrogens is 672 g/mol. The van der Waals surface area contributed by atoms with Crippen molar-refractivity contribution in [1.82, 2.24) is 0 Å². The molecule has 0 fully saturated rings. The molecule has 0 aromatic heterocycles. The maximum atomic E-state index is 12.4. The van der Waals surface area contributed by atoms with E-state index in [4.69, 9.17) is 28.4 Å². The van der Waals surface area contributed by atoms with Crippen molar-refractivity contribution in [3.8, 4) is 34.5 Å². The Balaban J connectivity index is 0.000000164. The van der Waals surface area contributed by atoms with E-state index in [0.29, 0.717) is 56.5 Å². The monoisotopic (exact) mass is 716 g/mol. The summed E-state index contributed by atoms with van der Waals surface area (Å²) in [4.78, 5) is 28.8. The highest BCUT2D eigenvalue weighted by Gasteiger charge is 2.27. The molecule has 2 aliphatic heterocycles. The number of nitrogens with zero attached hydrogens (tertiary/aromatic N) is 2. The average Bonchev–Trinajstić information content (AvgIpc) is 3.60. The maximum absolute atomic E-state index is 12.4. The van der Waals surface area contributed by atoms with Crippen LogP contribution in [0.4, 0.5) is 11.4 Å². The molecule has 0 amide bonds. The Bertz CT molecular complexity index is 2150. The van der Waals surface area contributed by atoms with Gasteiger partial charge in [-0.2, -0.15) is 0 Å². The third-order valence-electron chi connectivity index (χ3n) is 9.43. The predicted octanol–water partition coefficient (Wildman–Crippen LogP) is 6.92. The van der Waals surface area contributed by atoms with Gasteiger partial charge in [0.2, 0.25) is 6.79 Å². The quantitative estimate of drug-likeness (QED) is 0.191. The van der Waals surface area contributed by atoms with Crippen LogP contribution in [0, 0.1) is 0 Å². The fraction of sp³-hybridized carbons (Fsp3) is 0.302. The summed E-state index contributed by atoms with van der Waals surface area (Å²) in [5.41, 5.74) is 9.55. The molecule has 4 aliphatic rings. The van der Waals surface area contributed by atoms with E-state index in [-0.39, 0.29) is 18.4 Å². The first-order valence-electron chi connectivity index (χ1n) is 17.9. The lowest BCUT2D eigenvalue weighted by atomic mass is 9.85. The summed E-state index contributed by atoms with van der Waals surface area (Å²) in [5.74, 6) is 4.54. The fourth-order valence-corrected chi connectivity index (χ4v) is 6.88. The predicted molar refractivity (Wildman–Crippen MR) is 205 cm³/mol. The SMILES string of the molecule is CCOc1cc(N(C)C)ccc1C1=CC(=O)Cc2cc3c(cc21)OCCO3.CCOc1cc(N(C)C)ccc1C1=CC(=O)Cc2cc3c(cc21)OCO3. The number of ketones is 2. The van der Waals surface area contributed by atoms with Gasteiger partial charge in [-0.15, -0.1) is 0 Å². The second kappa shape index (κ2) is 15.0. The van der Waals surface area contributed by atoms with Gasteiger partial charge < -0.3 is 38.2 Å². The molecule has 274 valence electrons. The summed E-state index contributed by atoms with van der Waals surface area (Å²) in [6.07, 6.45) is 4.16. The molecule has 0 bridgehead atoms. The Kier molecular flexibility index (Phi) is 10.0. The zero-order valence-electron chi connectivity index (χ0n) is 31.0. The fourth-order valence-electron chi connectivity index (χ4n) is 6.88. The maximum Gasteiger partial charge on any atom is 0.231 e. The Hall–Kier alpha value is -5.90. The highest BCUT2D eigenvalue weighted by Crippen LogP contribution is 2.44. The number of fused-ring (bicyclic) bond motifs is 4. The average molecular weight is 717 g/mol. The van der Waals surface area contributed by atoms with Crippen LogP contribution in [0.5, 0.6) is 34.5 Å². The number of benzene rings is 4. The number of anilines is 2. The number of carbonyl (C=O) groups excluding carboxylic acids is 2. The molecule has 0 saturated heterocycles. The number of carbonyl (C=O) groups is 2. The van der Waals surface area contributed by atoms with Crippen LogP contribution in [0.25, 0.3) is 11.1 Å². The lowest BCUT2D eigenvalue weighted by Crippen LogP contribution is -2.18. The van der Waals surface area contributed by atoms with Crippen molar-refractivity contribution in [2.45, 2.75) is 26.7 Å². The zero-order chi connectivity index (χ0) is 37.2. The smallest absolute Gasteiger partial charge is 0.231 e. The van der Waals surface area contributed by atoms with Crippen LogP contribution >= 0.6 is 0 Å². The first-order chi connectivity index (χ1) is 25.6. The molecule has 0 saturated carbocycles. The third-order valence-corrected chi connectivity index (χ3v) is 9.43. The van der Waals surface area contributed by atoms with Crippen LogP contribution in [0.15, 0.2) is 72.8 Å². The lowest BCUT2D eigenvalue weighted by Gasteiger charge is -2.25. The summed E-state index contributed by atoms with van der Waals surface area (Å²) in [7, 11) is 7.97. The van der Waals surface area contributed by atoms with Gasteiger partial charge in [-0.1, -0.05) is 0 Å². The van der Waals surface area contributed by atoms with Gasteiger partial charge in [0.05, 0.1) is 13.2 Å². The van der Waals surface area contributed by atoms with Gasteiger partial charge in [-0.3, -0.25) is 9.59 Å². The molecule has 10 heteroatoms. The van der Waals surface area contributed by atoms with Gasteiger partial charge in [0.15, 0.2) is 34.6 Å². The molecule has 10 nitrogen and oxygen atoms in total. The molecule has 2 aliphatic carbocycles. The molecule has 0 radical (unpaired) electrons. The summed E-state index contributed by atoms with van der Waals surface area (Å²) in [5, 5.41) is 0. The van der Waals surface area contributed by atoms with Crippen molar-refractivity contribution in [3.63, 3.8) is 0 Å². The van der Waals surface area contributed by atoms with Crippen LogP contribution in [0.1, 0.15) is 47.2 Å². The standard InChI is InChI=1S/C22H23NO4.C21H21NO4/c1-4-25-20-11-15(23(2)3)5-6-17(20)19-12-16(24)9-14-10-21-22(13-18(14)19)27-8-7-26-21;1-4-24-19-9-14(22(2)3)5-6-16(19)18-10-15(23)7-13-8-20-21(11-17(13)18)26-12-25-20/h5-6,10-13H,4,7-9H2,1-3H3;5-6,8-11H,4,7,12H2,1-3H3. The van der Waals surface area contributed by atoms with Crippen LogP contribution in [0.2, 0.25) is 0 Å². The van der Waals surface area contributed by atoms with E-state index in [9.17, 15) is 9.59 Å². The first-order valence-corrected chi connectivity index (χ1v) is 17.9. The Morgan fingerprint density at radius 2 is 0.962 bits per heavy atom. The van der Waals surface area contributed by atoms with Crippen LogP contribution < -0.4 is 38.2 Å². The van der Waals surface area contributed by atoms with Crippen LogP contribution in [0.3, 0.4) is 0 Å². The van der Waals surface area contributed by atoms with E-state index < -0.39 is 0 Å². The molecule has 8 rings (SSSR count). The van der Waals surface area contributed by atoms with Crippen LogP contribution in [-0.2, 0) is 22.4 Å². The summed E-state index contributed by atoms with van der Waals surface area (Å²) in [6.45, 7) is 6.31. The van der Waals surface area contributed by atoms with Crippen molar-refractivity contribution in [2.75, 3.05) is 71.2 Å². The van der Waals surface area contributed by atoms with E-state index >= 15 is 0 Å². The minimum absolute atomic E-state index is 0.0745. The number of hydrogen-bond donors (Lipinski definition) is 0. The molecular formula is C43H44N2O8. The molecule has 0 unspecified atom stereocenters. The van der Waals surface area contributed by atoms with Gasteiger partial charge in [0, 0.05) is 75.7 Å². The molecule has 0 spiro atoms. The van der Waals surface area contributed by atoms with Crippen molar-refractivity contribution >= 4 is 34.1 Å². The summed E-state index contributed by atoms with van der Waals surface area (Å²) >= 11 is 0. The molecule has 2 heterocycles. The second-order valence-electron chi connectivity index (χ2n) is 13.4. The zero-order valence-corrected chi connectivity index (χ0v) is 31.0. The van der Waals surface area contributed by atoms with Crippen molar-refractivity contribution in [2.24, 2.45) is 0 Å². The van der Waals surface area contributed by atoms with Gasteiger partial charge >= 0.3 is 0 Å². The minimum Gasteiger partial charge on any atom is -0.493 e. The highest BCUT2D eigenvalue weighted by atomic mass is 16.7. The molecule has 0 N–H and O–H groups in total. The third kappa shape index (κ3) is 7.26. The Labute approximate surface area is 310 Å². The van der Waals surface area contributed by atoms with Crippen molar-refractivity contribution < 1.29 is 38.0 Å².